The van der Waals surface area contributed by atoms with E-state index in [0.29, 0.717) is 24.8 Å². The maximum atomic E-state index is 12.3. The summed E-state index contributed by atoms with van der Waals surface area (Å²) in [5.74, 6) is 0.772. The highest BCUT2D eigenvalue weighted by atomic mass is 16.2. The Bertz CT molecular complexity index is 722. The topological polar surface area (TPSA) is 78.1 Å². The van der Waals surface area contributed by atoms with Crippen molar-refractivity contribution in [2.45, 2.75) is 26.7 Å². The molecule has 122 valence electrons. The Balaban J connectivity index is 1.69. The van der Waals surface area contributed by atoms with Crippen LogP contribution in [0.25, 0.3) is 10.9 Å². The summed E-state index contributed by atoms with van der Waals surface area (Å²) in [6.45, 7) is 5.29. The van der Waals surface area contributed by atoms with Crippen molar-refractivity contribution in [3.05, 3.63) is 24.3 Å². The Morgan fingerprint density at radius 2 is 2.22 bits per heavy atom. The van der Waals surface area contributed by atoms with Crippen molar-refractivity contribution in [3.63, 3.8) is 0 Å². The molecular weight excluding hydrogens is 292 g/mol. The number of aromatic nitrogens is 2. The minimum Gasteiger partial charge on any atom is -0.356 e. The second-order valence-corrected chi connectivity index (χ2v) is 6.47. The van der Waals surface area contributed by atoms with E-state index in [1.165, 1.54) is 0 Å². The summed E-state index contributed by atoms with van der Waals surface area (Å²) in [4.78, 5) is 26.2. The molecule has 2 N–H and O–H groups in total. The minimum atomic E-state index is -0.301. The van der Waals surface area contributed by atoms with Gasteiger partial charge in [0, 0.05) is 24.9 Å². The van der Waals surface area contributed by atoms with Gasteiger partial charge in [-0.25, -0.2) is 0 Å². The van der Waals surface area contributed by atoms with Gasteiger partial charge in [0.15, 0.2) is 5.82 Å². The number of rotatable bonds is 5. The predicted octanol–water partition coefficient (Wildman–Crippen LogP) is 2.08. The minimum absolute atomic E-state index is 0.0404. The molecule has 23 heavy (non-hydrogen) atoms. The fourth-order valence-electron chi connectivity index (χ4n) is 2.87. The number of amides is 2. The average molecular weight is 314 g/mol. The number of carbonyl (C=O) groups excluding carboxylic acids is 2. The van der Waals surface area contributed by atoms with Crippen LogP contribution in [0.1, 0.15) is 26.7 Å². The Labute approximate surface area is 135 Å². The van der Waals surface area contributed by atoms with Gasteiger partial charge in [-0.2, -0.15) is 5.10 Å². The van der Waals surface area contributed by atoms with Gasteiger partial charge in [-0.1, -0.05) is 26.0 Å². The molecule has 1 saturated heterocycles. The molecule has 6 heteroatoms. The van der Waals surface area contributed by atoms with Crippen LogP contribution in [0.5, 0.6) is 0 Å². The van der Waals surface area contributed by atoms with E-state index in [1.54, 1.807) is 4.90 Å². The van der Waals surface area contributed by atoms with Crippen molar-refractivity contribution < 1.29 is 9.59 Å². The molecule has 0 aliphatic carbocycles. The fourth-order valence-corrected chi connectivity index (χ4v) is 2.87. The first-order chi connectivity index (χ1) is 11.1. The predicted molar refractivity (Wildman–Crippen MR) is 89.0 cm³/mol. The molecule has 2 aromatic rings. The standard InChI is InChI=1S/C17H22N4O2/c1-11(2)7-8-18-17(23)12-9-15(22)21(10-12)16-13-5-3-4-6-14(13)19-20-16/h3-6,11-12H,7-10H2,1-2H3,(H,18,23)(H,19,20)/t12-/m1/s1. The summed E-state index contributed by atoms with van der Waals surface area (Å²) in [7, 11) is 0. The highest BCUT2D eigenvalue weighted by Crippen LogP contribution is 2.29. The van der Waals surface area contributed by atoms with Crippen LogP contribution in [0.15, 0.2) is 24.3 Å². The number of anilines is 1. The molecule has 1 aliphatic rings. The van der Waals surface area contributed by atoms with E-state index in [9.17, 15) is 9.59 Å². The summed E-state index contributed by atoms with van der Waals surface area (Å²) in [5, 5.41) is 11.0. The first-order valence-corrected chi connectivity index (χ1v) is 8.07. The van der Waals surface area contributed by atoms with Crippen molar-refractivity contribution >= 4 is 28.5 Å². The molecule has 6 nitrogen and oxygen atoms in total. The van der Waals surface area contributed by atoms with Crippen LogP contribution in [0.4, 0.5) is 5.82 Å². The number of aromatic amines is 1. The first kappa shape index (κ1) is 15.5. The molecule has 1 aromatic heterocycles. The SMILES string of the molecule is CC(C)CCNC(=O)[C@@H]1CC(=O)N(c2n[nH]c3ccccc23)C1. The third-order valence-corrected chi connectivity index (χ3v) is 4.22. The Hall–Kier alpha value is -2.37. The molecule has 3 rings (SSSR count). The van der Waals surface area contributed by atoms with Crippen LogP contribution in [0.2, 0.25) is 0 Å². The quantitative estimate of drug-likeness (QED) is 0.887. The number of hydrogen-bond donors (Lipinski definition) is 2. The summed E-state index contributed by atoms with van der Waals surface area (Å²) < 4.78 is 0. The molecule has 0 saturated carbocycles. The summed E-state index contributed by atoms with van der Waals surface area (Å²) in [5.41, 5.74) is 0.889. The Morgan fingerprint density at radius 3 is 3.00 bits per heavy atom. The van der Waals surface area contributed by atoms with Crippen LogP contribution >= 0.6 is 0 Å². The number of benzene rings is 1. The fraction of sp³-hybridized carbons (Fsp3) is 0.471. The van der Waals surface area contributed by atoms with Gasteiger partial charge in [0.05, 0.1) is 11.4 Å². The van der Waals surface area contributed by atoms with Crippen molar-refractivity contribution in [3.8, 4) is 0 Å². The van der Waals surface area contributed by atoms with Crippen LogP contribution < -0.4 is 10.2 Å². The Kier molecular flexibility index (Phi) is 4.32. The summed E-state index contributed by atoms with van der Waals surface area (Å²) in [6, 6.07) is 7.68. The van der Waals surface area contributed by atoms with Gasteiger partial charge in [-0.15, -0.1) is 0 Å². The number of hydrogen-bond acceptors (Lipinski definition) is 3. The lowest BCUT2D eigenvalue weighted by Crippen LogP contribution is -2.34. The van der Waals surface area contributed by atoms with Gasteiger partial charge in [0.1, 0.15) is 0 Å². The van der Waals surface area contributed by atoms with Crippen LogP contribution in [-0.2, 0) is 9.59 Å². The monoisotopic (exact) mass is 314 g/mol. The second kappa shape index (κ2) is 6.40. The highest BCUT2D eigenvalue weighted by molar-refractivity contribution is 6.05. The van der Waals surface area contributed by atoms with E-state index in [0.717, 1.165) is 17.3 Å². The molecule has 1 fully saturated rings. The zero-order valence-corrected chi connectivity index (χ0v) is 13.5. The zero-order valence-electron chi connectivity index (χ0n) is 13.5. The van der Waals surface area contributed by atoms with E-state index in [2.05, 4.69) is 29.4 Å². The maximum Gasteiger partial charge on any atom is 0.229 e. The zero-order chi connectivity index (χ0) is 16.4. The number of nitrogens with one attached hydrogen (secondary N) is 2. The number of nitrogens with zero attached hydrogens (tertiary/aromatic N) is 2. The van der Waals surface area contributed by atoms with Gasteiger partial charge in [0.25, 0.3) is 0 Å². The van der Waals surface area contributed by atoms with E-state index in [1.807, 2.05) is 24.3 Å². The second-order valence-electron chi connectivity index (χ2n) is 6.47. The molecule has 1 aromatic carbocycles. The molecule has 2 heterocycles. The molecule has 0 radical (unpaired) electrons. The lowest BCUT2D eigenvalue weighted by molar-refractivity contribution is -0.126. The van der Waals surface area contributed by atoms with E-state index < -0.39 is 0 Å². The Morgan fingerprint density at radius 1 is 1.43 bits per heavy atom. The number of para-hydroxylation sites is 1. The molecule has 0 bridgehead atoms. The van der Waals surface area contributed by atoms with Gasteiger partial charge < -0.3 is 5.32 Å². The lowest BCUT2D eigenvalue weighted by Gasteiger charge is -2.14. The number of carbonyl (C=O) groups is 2. The van der Waals surface area contributed by atoms with Crippen molar-refractivity contribution in [2.24, 2.45) is 11.8 Å². The largest absolute Gasteiger partial charge is 0.356 e. The number of H-pyrrole nitrogens is 1. The molecule has 1 atom stereocenters. The lowest BCUT2D eigenvalue weighted by atomic mass is 10.1. The molecular formula is C17H22N4O2. The van der Waals surface area contributed by atoms with E-state index in [-0.39, 0.29) is 24.2 Å². The van der Waals surface area contributed by atoms with E-state index >= 15 is 0 Å². The summed E-state index contributed by atoms with van der Waals surface area (Å²) in [6.07, 6.45) is 1.19. The van der Waals surface area contributed by atoms with Gasteiger partial charge in [-0.05, 0) is 24.5 Å². The van der Waals surface area contributed by atoms with Crippen molar-refractivity contribution in [2.75, 3.05) is 18.0 Å². The van der Waals surface area contributed by atoms with Crippen LogP contribution in [0, 0.1) is 11.8 Å². The molecule has 0 spiro atoms. The van der Waals surface area contributed by atoms with Crippen molar-refractivity contribution in [1.82, 2.24) is 15.5 Å². The van der Waals surface area contributed by atoms with E-state index in [4.69, 9.17) is 0 Å². The third-order valence-electron chi connectivity index (χ3n) is 4.22. The van der Waals surface area contributed by atoms with Gasteiger partial charge in [0.2, 0.25) is 11.8 Å². The van der Waals surface area contributed by atoms with Gasteiger partial charge >= 0.3 is 0 Å². The third kappa shape index (κ3) is 3.21. The van der Waals surface area contributed by atoms with Crippen LogP contribution in [0.3, 0.4) is 0 Å². The smallest absolute Gasteiger partial charge is 0.229 e. The molecule has 0 unspecified atom stereocenters. The molecule has 1 aliphatic heterocycles. The first-order valence-electron chi connectivity index (χ1n) is 8.07. The van der Waals surface area contributed by atoms with Gasteiger partial charge in [-0.3, -0.25) is 19.6 Å². The average Bonchev–Trinajstić information content (AvgIpc) is 3.10. The van der Waals surface area contributed by atoms with Crippen LogP contribution in [-0.4, -0.2) is 35.1 Å². The summed E-state index contributed by atoms with van der Waals surface area (Å²) >= 11 is 0. The maximum absolute atomic E-state index is 12.3. The highest BCUT2D eigenvalue weighted by Gasteiger charge is 2.36. The van der Waals surface area contributed by atoms with Crippen molar-refractivity contribution in [1.29, 1.82) is 0 Å². The normalized spacial score (nSPS) is 18.1. The number of fused-ring (bicyclic) bond motifs is 1. The molecule has 2 amide bonds.